The lowest BCUT2D eigenvalue weighted by Crippen LogP contribution is -2.11. The third-order valence-corrected chi connectivity index (χ3v) is 1.89. The van der Waals surface area contributed by atoms with Crippen LogP contribution in [-0.2, 0) is 0 Å². The average Bonchev–Trinajstić information content (AvgIpc) is 2.03. The number of Topliss-reactive ketones (excluding diaryl/α,β-unsaturated/α-hetero) is 1. The summed E-state index contributed by atoms with van der Waals surface area (Å²) in [5.41, 5.74) is 1.41. The predicted octanol–water partition coefficient (Wildman–Crippen LogP) is 1.93. The summed E-state index contributed by atoms with van der Waals surface area (Å²) in [6, 6.07) is 0. The Morgan fingerprint density at radius 3 is 2.46 bits per heavy atom. The van der Waals surface area contributed by atoms with Crippen molar-refractivity contribution in [2.45, 2.75) is 27.7 Å². The summed E-state index contributed by atoms with van der Waals surface area (Å²) in [6.07, 6.45) is 1.61. The van der Waals surface area contributed by atoms with Gasteiger partial charge in [-0.25, -0.2) is 9.97 Å². The van der Waals surface area contributed by atoms with Gasteiger partial charge >= 0.3 is 0 Å². The minimum absolute atomic E-state index is 0.00464. The fourth-order valence-corrected chi connectivity index (χ4v) is 1.14. The maximum Gasteiger partial charge on any atom is 0.168 e. The standard InChI is InChI=1S/C10H14N2O/c1-6(2)10(13)9-5-11-8(4)12-7(9)3/h5-6H,1-4H3. The molecule has 3 heteroatoms. The van der Waals surface area contributed by atoms with E-state index in [2.05, 4.69) is 9.97 Å². The van der Waals surface area contributed by atoms with E-state index in [9.17, 15) is 4.79 Å². The van der Waals surface area contributed by atoms with Crippen LogP contribution in [-0.4, -0.2) is 15.8 Å². The molecule has 0 radical (unpaired) electrons. The molecule has 0 amide bonds. The monoisotopic (exact) mass is 178 g/mol. The van der Waals surface area contributed by atoms with Gasteiger partial charge in [-0.1, -0.05) is 13.8 Å². The first-order valence-electron chi connectivity index (χ1n) is 4.37. The second kappa shape index (κ2) is 3.64. The van der Waals surface area contributed by atoms with Crippen LogP contribution < -0.4 is 0 Å². The third kappa shape index (κ3) is 2.11. The Hall–Kier alpha value is -1.25. The number of aryl methyl sites for hydroxylation is 2. The molecule has 0 unspecified atom stereocenters. The SMILES string of the molecule is Cc1ncc(C(=O)C(C)C)c(C)n1. The molecule has 3 nitrogen and oxygen atoms in total. The zero-order valence-electron chi connectivity index (χ0n) is 8.46. The lowest BCUT2D eigenvalue weighted by molar-refractivity contribution is 0.0938. The number of aromatic nitrogens is 2. The molecular formula is C10H14N2O. The van der Waals surface area contributed by atoms with Gasteiger partial charge in [0, 0.05) is 12.1 Å². The number of nitrogens with zero attached hydrogens (tertiary/aromatic N) is 2. The molecule has 0 spiro atoms. The number of hydrogen-bond acceptors (Lipinski definition) is 3. The Kier molecular flexibility index (Phi) is 2.76. The van der Waals surface area contributed by atoms with Crippen molar-refractivity contribution >= 4 is 5.78 Å². The van der Waals surface area contributed by atoms with Crippen molar-refractivity contribution in [3.8, 4) is 0 Å². The zero-order valence-corrected chi connectivity index (χ0v) is 8.46. The molecule has 0 bridgehead atoms. The van der Waals surface area contributed by atoms with Crippen molar-refractivity contribution in [1.82, 2.24) is 9.97 Å². The molecule has 0 aliphatic carbocycles. The first-order chi connectivity index (χ1) is 6.02. The van der Waals surface area contributed by atoms with E-state index in [1.54, 1.807) is 6.20 Å². The summed E-state index contributed by atoms with van der Waals surface area (Å²) in [6.45, 7) is 7.41. The molecule has 0 fully saturated rings. The molecule has 0 saturated carbocycles. The smallest absolute Gasteiger partial charge is 0.168 e. The van der Waals surface area contributed by atoms with E-state index in [1.165, 1.54) is 0 Å². The molecular weight excluding hydrogens is 164 g/mol. The van der Waals surface area contributed by atoms with Crippen molar-refractivity contribution in [1.29, 1.82) is 0 Å². The zero-order chi connectivity index (χ0) is 10.0. The highest BCUT2D eigenvalue weighted by Crippen LogP contribution is 2.10. The molecule has 70 valence electrons. The molecule has 0 atom stereocenters. The normalized spacial score (nSPS) is 10.5. The van der Waals surface area contributed by atoms with E-state index < -0.39 is 0 Å². The Balaban J connectivity index is 3.09. The molecule has 0 aliphatic heterocycles. The van der Waals surface area contributed by atoms with Crippen LogP contribution in [0.2, 0.25) is 0 Å². The van der Waals surface area contributed by atoms with Crippen molar-refractivity contribution in [3.05, 3.63) is 23.3 Å². The minimum atomic E-state index is 0.00464. The van der Waals surface area contributed by atoms with E-state index in [0.717, 1.165) is 5.69 Å². The molecule has 0 aliphatic rings. The summed E-state index contributed by atoms with van der Waals surface area (Å²) >= 11 is 0. The van der Waals surface area contributed by atoms with Crippen LogP contribution in [0.5, 0.6) is 0 Å². The van der Waals surface area contributed by atoms with Crippen molar-refractivity contribution < 1.29 is 4.79 Å². The molecule has 0 N–H and O–H groups in total. The van der Waals surface area contributed by atoms with Crippen LogP contribution >= 0.6 is 0 Å². The summed E-state index contributed by atoms with van der Waals surface area (Å²) < 4.78 is 0. The van der Waals surface area contributed by atoms with Gasteiger partial charge in [0.15, 0.2) is 5.78 Å². The molecule has 1 aromatic rings. The van der Waals surface area contributed by atoms with E-state index in [4.69, 9.17) is 0 Å². The van der Waals surface area contributed by atoms with Gasteiger partial charge < -0.3 is 0 Å². The lowest BCUT2D eigenvalue weighted by Gasteiger charge is -2.06. The third-order valence-electron chi connectivity index (χ3n) is 1.89. The summed E-state index contributed by atoms with van der Waals surface area (Å²) in [7, 11) is 0. The van der Waals surface area contributed by atoms with Crippen molar-refractivity contribution in [3.63, 3.8) is 0 Å². The van der Waals surface area contributed by atoms with Gasteiger partial charge in [0.1, 0.15) is 5.82 Å². The van der Waals surface area contributed by atoms with Crippen LogP contribution in [0.1, 0.15) is 35.7 Å². The summed E-state index contributed by atoms with van der Waals surface area (Å²) in [4.78, 5) is 19.8. The van der Waals surface area contributed by atoms with Crippen LogP contribution in [0.25, 0.3) is 0 Å². The molecule has 1 heterocycles. The highest BCUT2D eigenvalue weighted by molar-refractivity contribution is 5.97. The maximum absolute atomic E-state index is 11.6. The average molecular weight is 178 g/mol. The number of carbonyl (C=O) groups is 1. The highest BCUT2D eigenvalue weighted by Gasteiger charge is 2.13. The van der Waals surface area contributed by atoms with Crippen LogP contribution in [0.15, 0.2) is 6.20 Å². The minimum Gasteiger partial charge on any atom is -0.294 e. The van der Waals surface area contributed by atoms with Gasteiger partial charge in [-0.3, -0.25) is 4.79 Å². The largest absolute Gasteiger partial charge is 0.294 e. The van der Waals surface area contributed by atoms with Crippen LogP contribution in [0, 0.1) is 19.8 Å². The van der Waals surface area contributed by atoms with E-state index in [1.807, 2.05) is 27.7 Å². The maximum atomic E-state index is 11.6. The fourth-order valence-electron chi connectivity index (χ4n) is 1.14. The van der Waals surface area contributed by atoms with Gasteiger partial charge in [0.2, 0.25) is 0 Å². The summed E-state index contributed by atoms with van der Waals surface area (Å²) in [5, 5.41) is 0. The molecule has 0 saturated heterocycles. The van der Waals surface area contributed by atoms with Crippen molar-refractivity contribution in [2.24, 2.45) is 5.92 Å². The number of rotatable bonds is 2. The predicted molar refractivity (Wildman–Crippen MR) is 50.7 cm³/mol. The van der Waals surface area contributed by atoms with Gasteiger partial charge in [0.05, 0.1) is 11.3 Å². The molecule has 1 aromatic heterocycles. The second-order valence-corrected chi connectivity index (χ2v) is 3.44. The van der Waals surface area contributed by atoms with Gasteiger partial charge in [-0.15, -0.1) is 0 Å². The Labute approximate surface area is 78.2 Å². The van der Waals surface area contributed by atoms with Crippen LogP contribution in [0.4, 0.5) is 0 Å². The summed E-state index contributed by atoms with van der Waals surface area (Å²) in [5.74, 6) is 0.820. The van der Waals surface area contributed by atoms with Gasteiger partial charge in [-0.05, 0) is 13.8 Å². The lowest BCUT2D eigenvalue weighted by atomic mass is 10.0. The fraction of sp³-hybridized carbons (Fsp3) is 0.500. The van der Waals surface area contributed by atoms with Crippen molar-refractivity contribution in [2.75, 3.05) is 0 Å². The van der Waals surface area contributed by atoms with Crippen LogP contribution in [0.3, 0.4) is 0 Å². The number of ketones is 1. The van der Waals surface area contributed by atoms with E-state index >= 15 is 0 Å². The Bertz CT molecular complexity index is 332. The topological polar surface area (TPSA) is 42.9 Å². The Morgan fingerprint density at radius 2 is 2.00 bits per heavy atom. The molecule has 0 aromatic carbocycles. The van der Waals surface area contributed by atoms with Gasteiger partial charge in [0.25, 0.3) is 0 Å². The quantitative estimate of drug-likeness (QED) is 0.650. The number of carbonyl (C=O) groups excluding carboxylic acids is 1. The first-order valence-corrected chi connectivity index (χ1v) is 4.37. The molecule has 13 heavy (non-hydrogen) atoms. The number of hydrogen-bond donors (Lipinski definition) is 0. The van der Waals surface area contributed by atoms with Gasteiger partial charge in [-0.2, -0.15) is 0 Å². The first kappa shape index (κ1) is 9.84. The Morgan fingerprint density at radius 1 is 1.38 bits per heavy atom. The van der Waals surface area contributed by atoms with E-state index in [-0.39, 0.29) is 11.7 Å². The molecule has 1 rings (SSSR count). The second-order valence-electron chi connectivity index (χ2n) is 3.44. The highest BCUT2D eigenvalue weighted by atomic mass is 16.1. The van der Waals surface area contributed by atoms with E-state index in [0.29, 0.717) is 11.4 Å².